The van der Waals surface area contributed by atoms with Gasteiger partial charge in [0.05, 0.1) is 27.0 Å². The number of aromatic nitrogens is 2. The molecule has 1 aliphatic rings. The number of nitrogens with one attached hydrogen (secondary N) is 1. The van der Waals surface area contributed by atoms with Crippen LogP contribution in [-0.4, -0.2) is 18.0 Å². The van der Waals surface area contributed by atoms with Crippen molar-refractivity contribution in [3.63, 3.8) is 0 Å². The first-order valence-corrected chi connectivity index (χ1v) is 10.9. The minimum Gasteiger partial charge on any atom is -0.327 e. The Hall–Kier alpha value is -2.46. The maximum absolute atomic E-state index is 13.2. The van der Waals surface area contributed by atoms with Crippen LogP contribution in [0.5, 0.6) is 0 Å². The van der Waals surface area contributed by atoms with Crippen LogP contribution in [-0.2, 0) is 28.3 Å². The second-order valence-electron chi connectivity index (χ2n) is 7.38. The molecule has 0 aliphatic heterocycles. The molecular formula is C20H19F4N3O2S. The van der Waals surface area contributed by atoms with Gasteiger partial charge in [-0.1, -0.05) is 0 Å². The third-order valence-corrected chi connectivity index (χ3v) is 7.03. The molecule has 4 rings (SSSR count). The van der Waals surface area contributed by atoms with E-state index in [-0.39, 0.29) is 4.90 Å². The van der Waals surface area contributed by atoms with Crippen molar-refractivity contribution in [1.82, 2.24) is 14.3 Å². The molecule has 0 spiro atoms. The molecule has 3 aromatic rings. The monoisotopic (exact) mass is 441 g/mol. The van der Waals surface area contributed by atoms with Gasteiger partial charge in [-0.15, -0.1) is 0 Å². The lowest BCUT2D eigenvalue weighted by atomic mass is 9.77. The van der Waals surface area contributed by atoms with Crippen LogP contribution in [0.4, 0.5) is 17.6 Å². The summed E-state index contributed by atoms with van der Waals surface area (Å²) in [5, 5.41) is 0. The van der Waals surface area contributed by atoms with Gasteiger partial charge in [0.25, 0.3) is 0 Å². The van der Waals surface area contributed by atoms with E-state index in [1.807, 2.05) is 0 Å². The van der Waals surface area contributed by atoms with Gasteiger partial charge in [0.1, 0.15) is 11.6 Å². The molecular weight excluding hydrogens is 422 g/mol. The van der Waals surface area contributed by atoms with E-state index in [9.17, 15) is 26.0 Å². The van der Waals surface area contributed by atoms with E-state index >= 15 is 0 Å². The summed E-state index contributed by atoms with van der Waals surface area (Å²) >= 11 is 0. The second-order valence-corrected chi connectivity index (χ2v) is 9.06. The van der Waals surface area contributed by atoms with Gasteiger partial charge in [-0.25, -0.2) is 17.8 Å². The number of rotatable bonds is 5. The Morgan fingerprint density at radius 2 is 1.80 bits per heavy atom. The van der Waals surface area contributed by atoms with Crippen LogP contribution >= 0.6 is 0 Å². The molecule has 0 unspecified atom stereocenters. The number of benzene rings is 2. The van der Waals surface area contributed by atoms with Gasteiger partial charge < -0.3 is 4.57 Å². The number of imidazole rings is 1. The van der Waals surface area contributed by atoms with Crippen molar-refractivity contribution in [1.29, 1.82) is 0 Å². The fraction of sp³-hybridized carbons (Fsp3) is 0.350. The average Bonchev–Trinajstić information content (AvgIpc) is 3.02. The van der Waals surface area contributed by atoms with Crippen molar-refractivity contribution >= 4 is 21.1 Å². The maximum Gasteiger partial charge on any atom is 0.416 e. The predicted molar refractivity (Wildman–Crippen MR) is 103 cm³/mol. The summed E-state index contributed by atoms with van der Waals surface area (Å²) in [6, 6.07) is 7.76. The SMILES string of the molecule is CCn1c(C2(NS(=O)(=O)c3ccc(F)cc3)CCC2)nc2ccc(C(F)(F)F)cc21. The summed E-state index contributed by atoms with van der Waals surface area (Å²) in [4.78, 5) is 4.41. The van der Waals surface area contributed by atoms with Gasteiger partial charge in [-0.3, -0.25) is 0 Å². The number of fused-ring (bicyclic) bond motifs is 1. The molecule has 160 valence electrons. The van der Waals surface area contributed by atoms with Gasteiger partial charge in [0.15, 0.2) is 0 Å². The van der Waals surface area contributed by atoms with Crippen LogP contribution in [0.15, 0.2) is 47.4 Å². The molecule has 2 aromatic carbocycles. The maximum atomic E-state index is 13.2. The van der Waals surface area contributed by atoms with Crippen molar-refractivity contribution in [2.75, 3.05) is 0 Å². The molecule has 5 nitrogen and oxygen atoms in total. The Morgan fingerprint density at radius 1 is 1.13 bits per heavy atom. The van der Waals surface area contributed by atoms with E-state index in [1.54, 1.807) is 11.5 Å². The summed E-state index contributed by atoms with van der Waals surface area (Å²) in [7, 11) is -3.99. The van der Waals surface area contributed by atoms with Crippen molar-refractivity contribution in [3.8, 4) is 0 Å². The zero-order valence-corrected chi connectivity index (χ0v) is 16.8. The van der Waals surface area contributed by atoms with E-state index in [0.717, 1.165) is 30.7 Å². The number of hydrogen-bond donors (Lipinski definition) is 1. The number of nitrogens with zero attached hydrogens (tertiary/aromatic N) is 2. The van der Waals surface area contributed by atoms with Gasteiger partial charge in [0.2, 0.25) is 10.0 Å². The highest BCUT2D eigenvalue weighted by molar-refractivity contribution is 7.89. The first-order chi connectivity index (χ1) is 14.1. The van der Waals surface area contributed by atoms with Gasteiger partial charge in [-0.2, -0.15) is 17.9 Å². The number of halogens is 4. The molecule has 0 saturated heterocycles. The second kappa shape index (κ2) is 7.05. The summed E-state index contributed by atoms with van der Waals surface area (Å²) in [6.45, 7) is 2.10. The fourth-order valence-electron chi connectivity index (χ4n) is 3.82. The minimum absolute atomic E-state index is 0.0892. The molecule has 30 heavy (non-hydrogen) atoms. The molecule has 1 heterocycles. The van der Waals surface area contributed by atoms with Gasteiger partial charge in [-0.05, 0) is 68.7 Å². The normalized spacial score (nSPS) is 16.6. The molecule has 1 N–H and O–H groups in total. The molecule has 1 aliphatic carbocycles. The predicted octanol–water partition coefficient (Wildman–Crippen LogP) is 4.57. The number of aryl methyl sites for hydroxylation is 1. The Bertz CT molecular complexity index is 1200. The third kappa shape index (κ3) is 3.47. The molecule has 1 aromatic heterocycles. The molecule has 1 saturated carbocycles. The summed E-state index contributed by atoms with van der Waals surface area (Å²) in [5.74, 6) is -0.170. The van der Waals surface area contributed by atoms with Crippen LogP contribution < -0.4 is 4.72 Å². The van der Waals surface area contributed by atoms with Crippen LogP contribution in [0.2, 0.25) is 0 Å². The molecule has 1 fully saturated rings. The first kappa shape index (κ1) is 20.8. The van der Waals surface area contributed by atoms with Crippen LogP contribution in [0.1, 0.15) is 37.6 Å². The van der Waals surface area contributed by atoms with Gasteiger partial charge >= 0.3 is 6.18 Å². The number of sulfonamides is 1. The molecule has 10 heteroatoms. The summed E-state index contributed by atoms with van der Waals surface area (Å²) in [5.41, 5.74) is -1.15. The third-order valence-electron chi connectivity index (χ3n) is 5.48. The van der Waals surface area contributed by atoms with Crippen LogP contribution in [0.25, 0.3) is 11.0 Å². The van der Waals surface area contributed by atoms with E-state index in [4.69, 9.17) is 0 Å². The summed E-state index contributed by atoms with van der Waals surface area (Å²) in [6.07, 6.45) is -2.83. The topological polar surface area (TPSA) is 64.0 Å². The lowest BCUT2D eigenvalue weighted by Crippen LogP contribution is -2.52. The first-order valence-electron chi connectivity index (χ1n) is 9.43. The summed E-state index contributed by atoms with van der Waals surface area (Å²) < 4.78 is 82.8. The molecule has 0 bridgehead atoms. The quantitative estimate of drug-likeness (QED) is 0.590. The Morgan fingerprint density at radius 3 is 2.33 bits per heavy atom. The zero-order valence-electron chi connectivity index (χ0n) is 16.0. The van der Waals surface area contributed by atoms with E-state index < -0.39 is 33.1 Å². The molecule has 0 radical (unpaired) electrons. The Labute approximate surface area is 170 Å². The average molecular weight is 441 g/mol. The van der Waals surface area contributed by atoms with Crippen molar-refractivity contribution in [2.24, 2.45) is 0 Å². The lowest BCUT2D eigenvalue weighted by molar-refractivity contribution is -0.137. The Kier molecular flexibility index (Phi) is 4.89. The van der Waals surface area contributed by atoms with Crippen molar-refractivity contribution in [2.45, 2.75) is 49.3 Å². The zero-order chi connectivity index (χ0) is 21.7. The highest BCUT2D eigenvalue weighted by atomic mass is 32.2. The minimum atomic E-state index is -4.49. The lowest BCUT2D eigenvalue weighted by Gasteiger charge is -2.41. The van der Waals surface area contributed by atoms with Crippen LogP contribution in [0, 0.1) is 5.82 Å². The van der Waals surface area contributed by atoms with E-state index in [2.05, 4.69) is 9.71 Å². The fourth-order valence-corrected chi connectivity index (χ4v) is 5.24. The van der Waals surface area contributed by atoms with E-state index in [0.29, 0.717) is 36.2 Å². The Balaban J connectivity index is 1.80. The standard InChI is InChI=1S/C20H19F4N3O2S/c1-2-27-17-12-13(20(22,23)24)4-9-16(17)25-18(27)19(10-3-11-19)26-30(28,29)15-7-5-14(21)6-8-15/h4-9,12,26H,2-3,10-11H2,1H3. The highest BCUT2D eigenvalue weighted by Gasteiger charge is 2.46. The van der Waals surface area contributed by atoms with Crippen molar-refractivity contribution < 1.29 is 26.0 Å². The van der Waals surface area contributed by atoms with Crippen molar-refractivity contribution in [3.05, 3.63) is 59.7 Å². The number of alkyl halides is 3. The largest absolute Gasteiger partial charge is 0.416 e. The number of hydrogen-bond acceptors (Lipinski definition) is 3. The smallest absolute Gasteiger partial charge is 0.327 e. The molecule has 0 amide bonds. The van der Waals surface area contributed by atoms with E-state index in [1.165, 1.54) is 18.2 Å². The molecule has 0 atom stereocenters. The highest BCUT2D eigenvalue weighted by Crippen LogP contribution is 2.43. The van der Waals surface area contributed by atoms with Crippen LogP contribution in [0.3, 0.4) is 0 Å². The van der Waals surface area contributed by atoms with Gasteiger partial charge in [0, 0.05) is 6.54 Å².